The van der Waals surface area contributed by atoms with Crippen LogP contribution in [0.2, 0.25) is 0 Å². The molecule has 0 aliphatic rings. The number of rotatable bonds is 7. The Hall–Kier alpha value is -2.68. The number of oxazole rings is 1. The van der Waals surface area contributed by atoms with Crippen LogP contribution in [0.15, 0.2) is 58.9 Å². The van der Waals surface area contributed by atoms with Gasteiger partial charge in [-0.25, -0.2) is 4.98 Å². The lowest BCUT2D eigenvalue weighted by molar-refractivity contribution is 0.281. The maximum atomic E-state index is 9.06. The SMILES string of the molecule is C=CCN(Cc1cccc(C#N)c1)Cc1nc(-c2cccs2)oc1C. The van der Waals surface area contributed by atoms with E-state index >= 15 is 0 Å². The maximum absolute atomic E-state index is 9.06. The lowest BCUT2D eigenvalue weighted by atomic mass is 10.1. The van der Waals surface area contributed by atoms with Crippen molar-refractivity contribution in [3.63, 3.8) is 0 Å². The van der Waals surface area contributed by atoms with Gasteiger partial charge in [-0.2, -0.15) is 5.26 Å². The first-order valence-electron chi connectivity index (χ1n) is 8.02. The minimum atomic E-state index is 0.670. The van der Waals surface area contributed by atoms with Gasteiger partial charge >= 0.3 is 0 Å². The molecule has 2 aromatic heterocycles. The van der Waals surface area contributed by atoms with Crippen LogP contribution < -0.4 is 0 Å². The van der Waals surface area contributed by atoms with E-state index in [2.05, 4.69) is 22.5 Å². The van der Waals surface area contributed by atoms with Crippen molar-refractivity contribution < 1.29 is 4.42 Å². The van der Waals surface area contributed by atoms with E-state index in [0.29, 0.717) is 18.0 Å². The van der Waals surface area contributed by atoms with E-state index in [1.165, 1.54) is 0 Å². The van der Waals surface area contributed by atoms with Gasteiger partial charge in [0.25, 0.3) is 0 Å². The molecule has 0 aliphatic carbocycles. The van der Waals surface area contributed by atoms with E-state index < -0.39 is 0 Å². The number of nitrogens with zero attached hydrogens (tertiary/aromatic N) is 3. The molecule has 5 heteroatoms. The van der Waals surface area contributed by atoms with Crippen molar-refractivity contribution >= 4 is 11.3 Å². The third-order valence-corrected chi connectivity index (χ3v) is 4.71. The Morgan fingerprint density at radius 1 is 1.32 bits per heavy atom. The highest BCUT2D eigenvalue weighted by molar-refractivity contribution is 7.13. The average Bonchev–Trinajstić information content (AvgIpc) is 3.26. The average molecular weight is 349 g/mol. The van der Waals surface area contributed by atoms with Crippen molar-refractivity contribution in [1.82, 2.24) is 9.88 Å². The van der Waals surface area contributed by atoms with Crippen LogP contribution in [0.25, 0.3) is 10.8 Å². The molecule has 0 amide bonds. The van der Waals surface area contributed by atoms with Gasteiger partial charge < -0.3 is 4.42 Å². The Kier molecular flexibility index (Phi) is 5.44. The second-order valence-corrected chi connectivity index (χ2v) is 6.72. The highest BCUT2D eigenvalue weighted by Crippen LogP contribution is 2.26. The van der Waals surface area contributed by atoms with Crippen molar-refractivity contribution in [2.24, 2.45) is 0 Å². The van der Waals surface area contributed by atoms with Gasteiger partial charge in [0.1, 0.15) is 5.76 Å². The number of nitriles is 1. The summed E-state index contributed by atoms with van der Waals surface area (Å²) in [6.07, 6.45) is 1.88. The molecule has 0 unspecified atom stereocenters. The highest BCUT2D eigenvalue weighted by atomic mass is 32.1. The standard InChI is InChI=1S/C20H19N3OS/c1-3-9-23(13-17-7-4-6-16(11-17)12-21)14-18-15(2)24-20(22-18)19-8-5-10-25-19/h3-8,10-11H,1,9,13-14H2,2H3. The van der Waals surface area contributed by atoms with Gasteiger partial charge in [-0.3, -0.25) is 4.90 Å². The normalized spacial score (nSPS) is 10.8. The predicted molar refractivity (Wildman–Crippen MR) is 100 cm³/mol. The molecule has 0 atom stereocenters. The summed E-state index contributed by atoms with van der Waals surface area (Å²) in [4.78, 5) is 7.93. The van der Waals surface area contributed by atoms with Crippen LogP contribution in [0.4, 0.5) is 0 Å². The summed E-state index contributed by atoms with van der Waals surface area (Å²) in [7, 11) is 0. The highest BCUT2D eigenvalue weighted by Gasteiger charge is 2.15. The van der Waals surface area contributed by atoms with Gasteiger partial charge in [0.2, 0.25) is 5.89 Å². The molecular formula is C20H19N3OS. The topological polar surface area (TPSA) is 53.1 Å². The van der Waals surface area contributed by atoms with E-state index in [-0.39, 0.29) is 0 Å². The number of aryl methyl sites for hydroxylation is 1. The van der Waals surface area contributed by atoms with Crippen molar-refractivity contribution in [1.29, 1.82) is 5.26 Å². The summed E-state index contributed by atoms with van der Waals surface area (Å²) in [5.74, 6) is 1.51. The number of thiophene rings is 1. The molecule has 0 saturated heterocycles. The lowest BCUT2D eigenvalue weighted by Crippen LogP contribution is -2.23. The van der Waals surface area contributed by atoms with Crippen molar-refractivity contribution in [2.75, 3.05) is 6.54 Å². The zero-order valence-electron chi connectivity index (χ0n) is 14.1. The first-order valence-corrected chi connectivity index (χ1v) is 8.90. The Morgan fingerprint density at radius 2 is 2.20 bits per heavy atom. The van der Waals surface area contributed by atoms with E-state index in [9.17, 15) is 0 Å². The molecule has 3 rings (SSSR count). The lowest BCUT2D eigenvalue weighted by Gasteiger charge is -2.20. The molecule has 126 valence electrons. The molecule has 0 saturated carbocycles. The Morgan fingerprint density at radius 3 is 2.92 bits per heavy atom. The van der Waals surface area contributed by atoms with Crippen LogP contribution in [0.3, 0.4) is 0 Å². The van der Waals surface area contributed by atoms with Crippen LogP contribution in [-0.2, 0) is 13.1 Å². The van der Waals surface area contributed by atoms with Gasteiger partial charge in [-0.15, -0.1) is 17.9 Å². The summed E-state index contributed by atoms with van der Waals surface area (Å²) in [5, 5.41) is 11.1. The Labute approximate surface area is 151 Å². The summed E-state index contributed by atoms with van der Waals surface area (Å²) in [6.45, 7) is 7.92. The van der Waals surface area contributed by atoms with Crippen LogP contribution in [0.1, 0.15) is 22.6 Å². The summed E-state index contributed by atoms with van der Waals surface area (Å²) < 4.78 is 5.83. The maximum Gasteiger partial charge on any atom is 0.236 e. The van der Waals surface area contributed by atoms with Gasteiger partial charge in [0.15, 0.2) is 0 Å². The van der Waals surface area contributed by atoms with E-state index in [1.807, 2.05) is 54.8 Å². The molecule has 0 N–H and O–H groups in total. The molecular weight excluding hydrogens is 330 g/mol. The quantitative estimate of drug-likeness (QED) is 0.577. The van der Waals surface area contributed by atoms with Gasteiger partial charge in [0.05, 0.1) is 22.2 Å². The van der Waals surface area contributed by atoms with E-state index in [0.717, 1.165) is 35.0 Å². The second-order valence-electron chi connectivity index (χ2n) is 5.77. The molecule has 0 spiro atoms. The molecule has 3 aromatic rings. The third kappa shape index (κ3) is 4.24. The summed E-state index contributed by atoms with van der Waals surface area (Å²) >= 11 is 1.62. The monoisotopic (exact) mass is 349 g/mol. The Balaban J connectivity index is 1.78. The number of hydrogen-bond acceptors (Lipinski definition) is 5. The second kappa shape index (κ2) is 7.93. The molecule has 0 bridgehead atoms. The molecule has 0 aliphatic heterocycles. The van der Waals surface area contributed by atoms with Crippen LogP contribution in [0, 0.1) is 18.3 Å². The first kappa shape index (κ1) is 17.2. The zero-order chi connectivity index (χ0) is 17.6. The number of benzene rings is 1. The molecule has 0 radical (unpaired) electrons. The predicted octanol–water partition coefficient (Wildman–Crippen LogP) is 4.77. The fraction of sp³-hybridized carbons (Fsp3) is 0.200. The molecule has 1 aromatic carbocycles. The van der Waals surface area contributed by atoms with Gasteiger partial charge in [-0.05, 0) is 36.1 Å². The van der Waals surface area contributed by atoms with Crippen LogP contribution in [-0.4, -0.2) is 16.4 Å². The van der Waals surface area contributed by atoms with E-state index in [4.69, 9.17) is 9.68 Å². The minimum absolute atomic E-state index is 0.670. The van der Waals surface area contributed by atoms with Gasteiger partial charge in [0, 0.05) is 19.6 Å². The van der Waals surface area contributed by atoms with Crippen molar-refractivity contribution in [2.45, 2.75) is 20.0 Å². The molecule has 4 nitrogen and oxygen atoms in total. The number of hydrogen-bond donors (Lipinski definition) is 0. The van der Waals surface area contributed by atoms with Crippen LogP contribution >= 0.6 is 11.3 Å². The molecule has 0 fully saturated rings. The van der Waals surface area contributed by atoms with Crippen molar-refractivity contribution in [3.05, 3.63) is 77.0 Å². The van der Waals surface area contributed by atoms with Crippen LogP contribution in [0.5, 0.6) is 0 Å². The first-order chi connectivity index (χ1) is 12.2. The van der Waals surface area contributed by atoms with E-state index in [1.54, 1.807) is 11.3 Å². The Bertz CT molecular complexity index is 890. The zero-order valence-corrected chi connectivity index (χ0v) is 14.9. The molecule has 25 heavy (non-hydrogen) atoms. The molecule has 2 heterocycles. The fourth-order valence-electron chi connectivity index (χ4n) is 2.66. The van der Waals surface area contributed by atoms with Gasteiger partial charge in [-0.1, -0.05) is 24.3 Å². The summed E-state index contributed by atoms with van der Waals surface area (Å²) in [5.41, 5.74) is 2.70. The number of aromatic nitrogens is 1. The summed E-state index contributed by atoms with van der Waals surface area (Å²) in [6, 6.07) is 13.9. The fourth-order valence-corrected chi connectivity index (χ4v) is 3.31. The van der Waals surface area contributed by atoms with Crippen molar-refractivity contribution in [3.8, 4) is 16.8 Å². The third-order valence-electron chi connectivity index (χ3n) is 3.85. The smallest absolute Gasteiger partial charge is 0.236 e. The minimum Gasteiger partial charge on any atom is -0.440 e. The largest absolute Gasteiger partial charge is 0.440 e.